The first-order valence-corrected chi connectivity index (χ1v) is 3.99. The molecule has 0 radical (unpaired) electrons. The van der Waals surface area contributed by atoms with Crippen molar-refractivity contribution in [2.75, 3.05) is 0 Å². The molecule has 0 spiro atoms. The van der Waals surface area contributed by atoms with Gasteiger partial charge in [0.05, 0.1) is 6.20 Å². The van der Waals surface area contributed by atoms with Gasteiger partial charge < -0.3 is 4.74 Å². The van der Waals surface area contributed by atoms with Gasteiger partial charge in [-0.25, -0.2) is 0 Å². The quantitative estimate of drug-likeness (QED) is 0.717. The average molecular weight is 222 g/mol. The molecular formula is C6H5BrClNO. The van der Waals surface area contributed by atoms with Crippen molar-refractivity contribution in [2.45, 2.75) is 4.47 Å². The molecule has 1 heterocycles. The lowest BCUT2D eigenvalue weighted by atomic mass is 10.5. The van der Waals surface area contributed by atoms with Gasteiger partial charge in [-0.2, -0.15) is 0 Å². The van der Waals surface area contributed by atoms with Gasteiger partial charge in [0.2, 0.25) is 4.47 Å². The van der Waals surface area contributed by atoms with Crippen LogP contribution in [-0.2, 0) is 0 Å². The van der Waals surface area contributed by atoms with Crippen LogP contribution in [0.2, 0.25) is 0 Å². The van der Waals surface area contributed by atoms with Gasteiger partial charge in [0.1, 0.15) is 5.75 Å². The molecule has 0 bridgehead atoms. The Balaban J connectivity index is 2.59. The standard InChI is InChI=1S/C6H5BrClNO/c7-6(8)10-5-2-1-3-9-4-5/h1-4,6H. The molecule has 0 aliphatic carbocycles. The van der Waals surface area contributed by atoms with Crippen LogP contribution in [0.1, 0.15) is 0 Å². The van der Waals surface area contributed by atoms with E-state index in [1.165, 1.54) is 0 Å². The molecule has 2 nitrogen and oxygen atoms in total. The molecule has 0 saturated heterocycles. The van der Waals surface area contributed by atoms with E-state index < -0.39 is 4.47 Å². The summed E-state index contributed by atoms with van der Waals surface area (Å²) in [4.78, 5) is 3.83. The largest absolute Gasteiger partial charge is 0.463 e. The van der Waals surface area contributed by atoms with Crippen LogP contribution < -0.4 is 4.74 Å². The maximum absolute atomic E-state index is 5.48. The Labute approximate surface area is 72.3 Å². The summed E-state index contributed by atoms with van der Waals surface area (Å²) in [6, 6.07) is 3.56. The van der Waals surface area contributed by atoms with Crippen molar-refractivity contribution in [1.29, 1.82) is 0 Å². The van der Waals surface area contributed by atoms with Gasteiger partial charge in [-0.1, -0.05) is 11.6 Å². The van der Waals surface area contributed by atoms with Gasteiger partial charge in [-0.15, -0.1) is 0 Å². The zero-order chi connectivity index (χ0) is 7.40. The Hall–Kier alpha value is -0.280. The van der Waals surface area contributed by atoms with Crippen LogP contribution in [-0.4, -0.2) is 9.46 Å². The fourth-order valence-corrected chi connectivity index (χ4v) is 0.838. The van der Waals surface area contributed by atoms with Gasteiger partial charge in [0.15, 0.2) is 0 Å². The van der Waals surface area contributed by atoms with Gasteiger partial charge in [-0.3, -0.25) is 4.98 Å². The summed E-state index contributed by atoms with van der Waals surface area (Å²) in [6.45, 7) is 0. The molecule has 1 rings (SSSR count). The predicted octanol–water partition coefficient (Wildman–Crippen LogP) is 2.38. The Morgan fingerprint density at radius 3 is 3.00 bits per heavy atom. The molecule has 1 aromatic heterocycles. The van der Waals surface area contributed by atoms with Crippen LogP contribution >= 0.6 is 27.5 Å². The maximum atomic E-state index is 5.48. The molecular weight excluding hydrogens is 217 g/mol. The summed E-state index contributed by atoms with van der Waals surface area (Å²) in [5.41, 5.74) is 0. The van der Waals surface area contributed by atoms with Crippen LogP contribution in [0.3, 0.4) is 0 Å². The number of aromatic nitrogens is 1. The third-order valence-electron chi connectivity index (χ3n) is 0.860. The molecule has 54 valence electrons. The molecule has 0 aliphatic rings. The number of hydrogen-bond acceptors (Lipinski definition) is 2. The number of pyridine rings is 1. The number of hydrogen-bond donors (Lipinski definition) is 0. The van der Waals surface area contributed by atoms with E-state index in [-0.39, 0.29) is 0 Å². The summed E-state index contributed by atoms with van der Waals surface area (Å²) in [5.74, 6) is 0.652. The van der Waals surface area contributed by atoms with Crippen molar-refractivity contribution < 1.29 is 4.74 Å². The van der Waals surface area contributed by atoms with E-state index in [1.807, 2.05) is 0 Å². The van der Waals surface area contributed by atoms with Crippen molar-refractivity contribution in [3.8, 4) is 5.75 Å². The Bertz CT molecular complexity index is 192. The van der Waals surface area contributed by atoms with Crippen molar-refractivity contribution in [1.82, 2.24) is 4.98 Å². The number of ether oxygens (including phenoxy) is 1. The predicted molar refractivity (Wildman–Crippen MR) is 43.4 cm³/mol. The van der Waals surface area contributed by atoms with E-state index in [2.05, 4.69) is 20.9 Å². The van der Waals surface area contributed by atoms with Crippen LogP contribution in [0.4, 0.5) is 0 Å². The highest BCUT2D eigenvalue weighted by Gasteiger charge is 1.97. The van der Waals surface area contributed by atoms with Crippen molar-refractivity contribution in [3.63, 3.8) is 0 Å². The zero-order valence-corrected chi connectivity index (χ0v) is 7.34. The molecule has 0 amide bonds. The van der Waals surface area contributed by atoms with Crippen LogP contribution in [0.25, 0.3) is 0 Å². The monoisotopic (exact) mass is 221 g/mol. The molecule has 10 heavy (non-hydrogen) atoms. The first kappa shape index (κ1) is 7.82. The highest BCUT2D eigenvalue weighted by molar-refractivity contribution is 9.10. The van der Waals surface area contributed by atoms with E-state index in [4.69, 9.17) is 16.3 Å². The molecule has 1 aromatic rings. The SMILES string of the molecule is ClC(Br)Oc1cccnc1. The maximum Gasteiger partial charge on any atom is 0.227 e. The molecule has 0 aromatic carbocycles. The third-order valence-corrected chi connectivity index (χ3v) is 1.14. The minimum Gasteiger partial charge on any atom is -0.463 e. The summed E-state index contributed by atoms with van der Waals surface area (Å²) >= 11 is 8.51. The van der Waals surface area contributed by atoms with Gasteiger partial charge in [-0.05, 0) is 28.1 Å². The Kier molecular flexibility index (Phi) is 2.96. The summed E-state index contributed by atoms with van der Waals surface area (Å²) in [6.07, 6.45) is 3.26. The molecule has 0 N–H and O–H groups in total. The van der Waals surface area contributed by atoms with Crippen LogP contribution in [0, 0.1) is 0 Å². The lowest BCUT2D eigenvalue weighted by Gasteiger charge is -2.03. The topological polar surface area (TPSA) is 22.1 Å². The second kappa shape index (κ2) is 3.78. The van der Waals surface area contributed by atoms with Crippen molar-refractivity contribution >= 4 is 27.5 Å². The summed E-state index contributed by atoms with van der Waals surface area (Å²) in [5, 5.41) is 0. The molecule has 0 saturated carbocycles. The molecule has 1 unspecified atom stereocenters. The van der Waals surface area contributed by atoms with Crippen LogP contribution in [0.15, 0.2) is 24.5 Å². The fourth-order valence-electron chi connectivity index (χ4n) is 0.520. The smallest absolute Gasteiger partial charge is 0.227 e. The normalized spacial score (nSPS) is 12.6. The van der Waals surface area contributed by atoms with E-state index in [0.29, 0.717) is 5.75 Å². The third kappa shape index (κ3) is 2.54. The minimum absolute atomic E-state index is 0.489. The van der Waals surface area contributed by atoms with E-state index in [9.17, 15) is 0 Å². The first-order chi connectivity index (χ1) is 4.79. The summed E-state index contributed by atoms with van der Waals surface area (Å²) in [7, 11) is 0. The highest BCUT2D eigenvalue weighted by atomic mass is 79.9. The van der Waals surface area contributed by atoms with Crippen molar-refractivity contribution in [3.05, 3.63) is 24.5 Å². The summed E-state index contributed by atoms with van der Waals surface area (Å²) < 4.78 is 4.54. The number of alkyl halides is 2. The molecule has 4 heteroatoms. The number of rotatable bonds is 2. The van der Waals surface area contributed by atoms with Gasteiger partial charge in [0.25, 0.3) is 0 Å². The number of nitrogens with zero attached hydrogens (tertiary/aromatic N) is 1. The minimum atomic E-state index is -0.489. The van der Waals surface area contributed by atoms with E-state index in [1.54, 1.807) is 24.5 Å². The van der Waals surface area contributed by atoms with Gasteiger partial charge in [0, 0.05) is 6.20 Å². The molecule has 0 fully saturated rings. The second-order valence-corrected chi connectivity index (χ2v) is 3.32. The second-order valence-electron chi connectivity index (χ2n) is 1.57. The average Bonchev–Trinajstić information content (AvgIpc) is 1.88. The zero-order valence-electron chi connectivity index (χ0n) is 5.00. The highest BCUT2D eigenvalue weighted by Crippen LogP contribution is 2.14. The first-order valence-electron chi connectivity index (χ1n) is 2.64. The fraction of sp³-hybridized carbons (Fsp3) is 0.167. The van der Waals surface area contributed by atoms with Crippen molar-refractivity contribution in [2.24, 2.45) is 0 Å². The lowest BCUT2D eigenvalue weighted by Crippen LogP contribution is -1.97. The molecule has 1 atom stereocenters. The lowest BCUT2D eigenvalue weighted by molar-refractivity contribution is 0.364. The Morgan fingerprint density at radius 2 is 2.50 bits per heavy atom. The van der Waals surface area contributed by atoms with E-state index in [0.717, 1.165) is 0 Å². The molecule has 0 aliphatic heterocycles. The Morgan fingerprint density at radius 1 is 1.70 bits per heavy atom. The van der Waals surface area contributed by atoms with Crippen LogP contribution in [0.5, 0.6) is 5.75 Å². The van der Waals surface area contributed by atoms with Gasteiger partial charge >= 0.3 is 0 Å². The van der Waals surface area contributed by atoms with E-state index >= 15 is 0 Å². The number of halogens is 2.